The van der Waals surface area contributed by atoms with Crippen LogP contribution >= 0.6 is 24.2 Å². The molecule has 4 aliphatic heterocycles. The summed E-state index contributed by atoms with van der Waals surface area (Å²) in [5.41, 5.74) is 8.17. The first kappa shape index (κ1) is 38.9. The summed E-state index contributed by atoms with van der Waals surface area (Å²) in [5.74, 6) is 0.597. The van der Waals surface area contributed by atoms with Crippen LogP contribution in [0.1, 0.15) is 88.7 Å². The van der Waals surface area contributed by atoms with Gasteiger partial charge in [-0.2, -0.15) is 5.26 Å². The molecule has 5 heterocycles. The molecule has 2 N–H and O–H groups in total. The van der Waals surface area contributed by atoms with Crippen LogP contribution in [0.2, 0.25) is 5.02 Å². The van der Waals surface area contributed by atoms with Gasteiger partial charge in [-0.25, -0.2) is 0 Å². The zero-order valence-electron chi connectivity index (χ0n) is 31.6. The van der Waals surface area contributed by atoms with Gasteiger partial charge in [0.15, 0.2) is 11.5 Å². The van der Waals surface area contributed by atoms with Gasteiger partial charge in [-0.1, -0.05) is 17.7 Å². The molecule has 4 fully saturated rings. The predicted molar refractivity (Wildman–Crippen MR) is 216 cm³/mol. The third-order valence-electron chi connectivity index (χ3n) is 12.3. The Morgan fingerprint density at radius 2 is 1.65 bits per heavy atom. The van der Waals surface area contributed by atoms with Crippen molar-refractivity contribution in [1.82, 2.24) is 24.9 Å². The Labute approximate surface area is 342 Å². The summed E-state index contributed by atoms with van der Waals surface area (Å²) in [5, 5.41) is 17.1. The van der Waals surface area contributed by atoms with Gasteiger partial charge in [0.2, 0.25) is 5.91 Å². The summed E-state index contributed by atoms with van der Waals surface area (Å²) < 4.78 is 6.14. The van der Waals surface area contributed by atoms with Crippen LogP contribution in [0, 0.1) is 17.2 Å². The summed E-state index contributed by atoms with van der Waals surface area (Å²) >= 11 is 11.1. The van der Waals surface area contributed by atoms with E-state index in [0.29, 0.717) is 53.5 Å². The van der Waals surface area contributed by atoms with Gasteiger partial charge in [-0.05, 0) is 92.8 Å². The van der Waals surface area contributed by atoms with Crippen LogP contribution in [0.15, 0.2) is 48.5 Å². The fraction of sp³-hybridized carbons (Fsp3) is 0.488. The molecule has 8 rings (SSSR count). The number of halogens is 1. The van der Waals surface area contributed by atoms with E-state index in [0.717, 1.165) is 75.7 Å². The molecule has 3 saturated heterocycles. The topological polar surface area (TPSA) is 169 Å². The lowest BCUT2D eigenvalue weighted by molar-refractivity contribution is -0.156. The van der Waals surface area contributed by atoms with E-state index < -0.39 is 17.3 Å². The second-order valence-electron chi connectivity index (χ2n) is 15.7. The van der Waals surface area contributed by atoms with E-state index in [2.05, 4.69) is 24.9 Å². The number of carbonyl (C=O) groups excluding carboxylic acids is 4. The molecule has 2 aromatic carbocycles. The molecule has 1 aromatic heterocycles. The van der Waals surface area contributed by atoms with Crippen molar-refractivity contribution in [2.75, 3.05) is 55.6 Å². The van der Waals surface area contributed by atoms with E-state index in [1.54, 1.807) is 29.2 Å². The van der Waals surface area contributed by atoms with Gasteiger partial charge in [0.05, 0.1) is 16.7 Å². The number of piperazine rings is 1. The molecule has 4 amide bonds. The number of nitriles is 1. The highest BCUT2D eigenvalue weighted by Crippen LogP contribution is 2.42. The first-order valence-corrected chi connectivity index (χ1v) is 20.7. The fourth-order valence-corrected chi connectivity index (χ4v) is 9.79. The molecule has 3 aromatic rings. The average Bonchev–Trinajstić information content (AvgIpc) is 3.47. The summed E-state index contributed by atoms with van der Waals surface area (Å²) in [4.78, 5) is 62.8. The summed E-state index contributed by atoms with van der Waals surface area (Å²) in [6.45, 7) is 6.33. The first-order valence-electron chi connectivity index (χ1n) is 19.8. The van der Waals surface area contributed by atoms with Crippen LogP contribution in [0.3, 0.4) is 0 Å². The Hall–Kier alpha value is -4.91. The average molecular weight is 812 g/mol. The molecule has 0 spiro atoms. The number of aromatic nitrogens is 2. The molecule has 16 heteroatoms. The van der Waals surface area contributed by atoms with Gasteiger partial charge in [-0.15, -0.1) is 22.8 Å². The number of imide groups is 1. The number of thiol groups is 1. The minimum atomic E-state index is -0.769. The van der Waals surface area contributed by atoms with Gasteiger partial charge in [0, 0.05) is 75.6 Å². The van der Waals surface area contributed by atoms with Gasteiger partial charge in [0.25, 0.3) is 17.7 Å². The van der Waals surface area contributed by atoms with Gasteiger partial charge >= 0.3 is 0 Å². The number of rotatable bonds is 9. The van der Waals surface area contributed by atoms with Crippen LogP contribution in [-0.4, -0.2) is 113 Å². The van der Waals surface area contributed by atoms with E-state index in [1.165, 1.54) is 4.90 Å². The first-order chi connectivity index (χ1) is 27.6. The molecule has 1 aliphatic carbocycles. The maximum atomic E-state index is 14.1. The molecular formula is C41H46ClN9O5S. The molecule has 5 aliphatic rings. The van der Waals surface area contributed by atoms with Crippen molar-refractivity contribution in [3.05, 3.63) is 75.9 Å². The normalized spacial score (nSPS) is 24.8. The van der Waals surface area contributed by atoms with E-state index in [9.17, 15) is 19.2 Å². The lowest BCUT2D eigenvalue weighted by atomic mass is 9.89. The van der Waals surface area contributed by atoms with Crippen molar-refractivity contribution in [1.29, 1.82) is 5.26 Å². The highest BCUT2D eigenvalue weighted by molar-refractivity contribution is 7.80. The Morgan fingerprint density at radius 1 is 0.895 bits per heavy atom. The van der Waals surface area contributed by atoms with E-state index in [-0.39, 0.29) is 48.4 Å². The molecule has 2 atom stereocenters. The number of ether oxygens (including phenoxy) is 1. The third kappa shape index (κ3) is 8.00. The van der Waals surface area contributed by atoms with Crippen molar-refractivity contribution in [3.8, 4) is 11.8 Å². The number of hydrogen-bond donors (Lipinski definition) is 2. The van der Waals surface area contributed by atoms with Crippen LogP contribution in [0.25, 0.3) is 0 Å². The molecule has 0 bridgehead atoms. The number of anilines is 2. The molecule has 298 valence electrons. The Balaban J connectivity index is 0.835. The Kier molecular flexibility index (Phi) is 11.3. The number of primary amides is 1. The third-order valence-corrected chi connectivity index (χ3v) is 13.1. The molecular weight excluding hydrogens is 766 g/mol. The van der Waals surface area contributed by atoms with E-state index >= 15 is 0 Å². The zero-order chi connectivity index (χ0) is 39.8. The highest BCUT2D eigenvalue weighted by Gasteiger charge is 2.48. The monoisotopic (exact) mass is 811 g/mol. The summed E-state index contributed by atoms with van der Waals surface area (Å²) in [6.07, 6.45) is 4.95. The predicted octanol–water partition coefficient (Wildman–Crippen LogP) is 4.43. The highest BCUT2D eigenvalue weighted by atomic mass is 35.5. The quantitative estimate of drug-likeness (QED) is 0.232. The fourth-order valence-electron chi connectivity index (χ4n) is 9.09. The summed E-state index contributed by atoms with van der Waals surface area (Å²) in [7, 11) is 0. The Morgan fingerprint density at radius 3 is 2.32 bits per heavy atom. The van der Waals surface area contributed by atoms with Crippen LogP contribution in [0.5, 0.6) is 5.75 Å². The largest absolute Gasteiger partial charge is 0.490 e. The molecule has 14 nitrogen and oxygen atoms in total. The zero-order valence-corrected chi connectivity index (χ0v) is 33.3. The maximum absolute atomic E-state index is 14.1. The maximum Gasteiger partial charge on any atom is 0.269 e. The second kappa shape index (κ2) is 16.5. The van der Waals surface area contributed by atoms with Crippen molar-refractivity contribution < 1.29 is 23.9 Å². The number of fused-ring (bicyclic) bond motifs is 1. The Bertz CT molecular complexity index is 2080. The van der Waals surface area contributed by atoms with Crippen LogP contribution in [0.4, 0.5) is 11.5 Å². The molecule has 0 radical (unpaired) electrons. The van der Waals surface area contributed by atoms with Crippen LogP contribution < -0.4 is 20.3 Å². The lowest BCUT2D eigenvalue weighted by Gasteiger charge is -2.42. The molecule has 57 heavy (non-hydrogen) atoms. The van der Waals surface area contributed by atoms with Gasteiger partial charge in [-0.3, -0.25) is 29.0 Å². The number of benzene rings is 2. The van der Waals surface area contributed by atoms with Crippen molar-refractivity contribution in [2.45, 2.75) is 74.9 Å². The van der Waals surface area contributed by atoms with Crippen molar-refractivity contribution in [2.24, 2.45) is 11.7 Å². The van der Waals surface area contributed by atoms with Crippen molar-refractivity contribution >= 4 is 59.4 Å². The van der Waals surface area contributed by atoms with E-state index in [1.807, 2.05) is 30.3 Å². The standard InChI is InChI=1S/C41H46ClN9O5S/c42-33-22-30(5-1-26(33)23-43)56-29-6-2-27(3-7-29)50-37(52)12-10-35(40(50)55)51-39(54)32-21-28(4-8-31(32)41(51)57)48-19-17-47(18-20-48)24-25-13-15-49(16-14-25)36-11-9-34(38(44)53)45-46-36/h1,4-5,8-9,11,21-22,25,27,29,35,41,57H,2-3,6-7,10,12-20,24H2,(H2,44,53)/t27?,29?,35-,41-/m1/s1. The number of nitrogens with two attached hydrogens (primary N) is 1. The van der Waals surface area contributed by atoms with Gasteiger partial charge in [0.1, 0.15) is 23.2 Å². The minimum absolute atomic E-state index is 0.105. The number of nitrogens with zero attached hydrogens (tertiary/aromatic N) is 8. The number of likely N-dealkylation sites (tertiary alicyclic amines) is 1. The number of hydrogen-bond acceptors (Lipinski definition) is 12. The second-order valence-corrected chi connectivity index (χ2v) is 16.6. The van der Waals surface area contributed by atoms with Crippen LogP contribution in [-0.2, 0) is 9.59 Å². The summed E-state index contributed by atoms with van der Waals surface area (Å²) in [6, 6.07) is 15.4. The number of piperidine rings is 2. The number of carbonyl (C=O) groups is 4. The molecule has 0 unspecified atom stereocenters. The smallest absolute Gasteiger partial charge is 0.269 e. The lowest BCUT2D eigenvalue weighted by Crippen LogP contribution is -2.58. The number of amides is 4. The molecule has 1 saturated carbocycles. The minimum Gasteiger partial charge on any atom is -0.490 e. The van der Waals surface area contributed by atoms with Gasteiger partial charge < -0.3 is 25.2 Å². The van der Waals surface area contributed by atoms with E-state index in [4.69, 9.17) is 40.0 Å². The SMILES string of the molecule is N#Cc1ccc(OC2CCC(N3C(=O)CC[C@@H](N4C(=O)c5cc(N6CCN(CC7CCN(c8ccc(C(N)=O)nn8)CC7)CC6)ccc5[C@H]4S)C3=O)CC2)cc1Cl. The van der Waals surface area contributed by atoms with Crippen molar-refractivity contribution in [3.63, 3.8) is 0 Å².